The lowest BCUT2D eigenvalue weighted by Gasteiger charge is -2.34. The van der Waals surface area contributed by atoms with Gasteiger partial charge in [-0.1, -0.05) is 51.1 Å². The number of hydrogen-bond acceptors (Lipinski definition) is 8. The van der Waals surface area contributed by atoms with E-state index in [2.05, 4.69) is 15.4 Å². The van der Waals surface area contributed by atoms with Gasteiger partial charge in [-0.2, -0.15) is 0 Å². The molecular formula is C34H51N5O6S. The molecule has 0 radical (unpaired) electrons. The molecule has 0 aliphatic carbocycles. The van der Waals surface area contributed by atoms with Gasteiger partial charge < -0.3 is 25.0 Å². The van der Waals surface area contributed by atoms with Crippen LogP contribution in [0, 0.1) is 11.8 Å². The predicted molar refractivity (Wildman–Crippen MR) is 182 cm³/mol. The number of ether oxygens (including phenoxy) is 2. The van der Waals surface area contributed by atoms with Gasteiger partial charge in [-0.3, -0.25) is 19.4 Å². The highest BCUT2D eigenvalue weighted by Crippen LogP contribution is 2.21. The van der Waals surface area contributed by atoms with Crippen molar-refractivity contribution in [3.05, 3.63) is 47.7 Å². The summed E-state index contributed by atoms with van der Waals surface area (Å²) < 4.78 is 26.2. The van der Waals surface area contributed by atoms with Gasteiger partial charge in [0.15, 0.2) is 0 Å². The summed E-state index contributed by atoms with van der Waals surface area (Å²) in [5.41, 5.74) is 2.65. The van der Waals surface area contributed by atoms with E-state index in [0.29, 0.717) is 19.7 Å². The number of esters is 1. The van der Waals surface area contributed by atoms with Gasteiger partial charge in [0.05, 0.1) is 46.7 Å². The normalized spacial score (nSPS) is 19.1. The summed E-state index contributed by atoms with van der Waals surface area (Å²) in [6.07, 6.45) is 3.31. The van der Waals surface area contributed by atoms with Crippen LogP contribution in [-0.2, 0) is 34.8 Å². The average Bonchev–Trinajstić information content (AvgIpc) is 3.01. The Morgan fingerprint density at radius 3 is 2.48 bits per heavy atom. The minimum absolute atomic E-state index is 0.0100. The molecule has 2 amide bonds. The minimum Gasteiger partial charge on any atom is -0.468 e. The molecule has 3 N–H and O–H groups in total. The average molecular weight is 658 g/mol. The largest absolute Gasteiger partial charge is 0.468 e. The number of carbonyl (C=O) groups is 3. The summed E-state index contributed by atoms with van der Waals surface area (Å²) in [6.45, 7) is 16.6. The number of fused-ring (bicyclic) bond motifs is 1. The SMILES string of the molecule is COC(=O)[C@@H]1CN(C(=O)[C@H](C)NC(=O)[C@@H](OCC(C)/C=C/c2ccc3ccc([C@@H](C)N[S@](=O)C(C)(C)C)nc3c2)C(C)C)CCN1. The van der Waals surface area contributed by atoms with Crippen molar-refractivity contribution >= 4 is 45.7 Å². The number of nitrogens with zero attached hydrogens (tertiary/aromatic N) is 2. The van der Waals surface area contributed by atoms with E-state index in [1.807, 2.05) is 91.0 Å². The van der Waals surface area contributed by atoms with Gasteiger partial charge in [0.1, 0.15) is 18.2 Å². The number of benzene rings is 1. The van der Waals surface area contributed by atoms with Gasteiger partial charge in [-0.25, -0.2) is 8.93 Å². The second-order valence-corrected chi connectivity index (χ2v) is 15.3. The van der Waals surface area contributed by atoms with E-state index in [1.165, 1.54) is 7.11 Å². The Balaban J connectivity index is 1.57. The van der Waals surface area contributed by atoms with Crippen LogP contribution in [0.2, 0.25) is 0 Å². The molecule has 12 heteroatoms. The van der Waals surface area contributed by atoms with E-state index in [4.69, 9.17) is 14.5 Å². The molecule has 46 heavy (non-hydrogen) atoms. The number of rotatable bonds is 13. The Kier molecular flexibility index (Phi) is 13.4. The predicted octanol–water partition coefficient (Wildman–Crippen LogP) is 3.52. The Hall–Kier alpha value is -3.19. The molecule has 3 rings (SSSR count). The molecule has 1 aromatic heterocycles. The fourth-order valence-electron chi connectivity index (χ4n) is 4.93. The smallest absolute Gasteiger partial charge is 0.324 e. The van der Waals surface area contributed by atoms with Crippen LogP contribution in [-0.4, -0.2) is 88.2 Å². The Bertz CT molecular complexity index is 1420. The van der Waals surface area contributed by atoms with Crippen LogP contribution in [0.4, 0.5) is 0 Å². The third kappa shape index (κ3) is 10.4. The summed E-state index contributed by atoms with van der Waals surface area (Å²) in [7, 11) is 0.106. The Morgan fingerprint density at radius 2 is 1.83 bits per heavy atom. The van der Waals surface area contributed by atoms with Crippen LogP contribution in [0.15, 0.2) is 36.4 Å². The molecule has 1 fully saturated rings. The van der Waals surface area contributed by atoms with Crippen molar-refractivity contribution in [2.75, 3.05) is 33.4 Å². The van der Waals surface area contributed by atoms with Gasteiger partial charge >= 0.3 is 5.97 Å². The number of aromatic nitrogens is 1. The lowest BCUT2D eigenvalue weighted by Crippen LogP contribution is -2.59. The first-order valence-electron chi connectivity index (χ1n) is 15.9. The highest BCUT2D eigenvalue weighted by Gasteiger charge is 2.33. The first kappa shape index (κ1) is 37.3. The third-order valence-electron chi connectivity index (χ3n) is 7.74. The number of amides is 2. The maximum absolute atomic E-state index is 13.2. The summed E-state index contributed by atoms with van der Waals surface area (Å²) >= 11 is 0. The van der Waals surface area contributed by atoms with E-state index in [9.17, 15) is 18.6 Å². The molecule has 1 aliphatic rings. The standard InChI is InChI=1S/C34H51N5O6S/c1-21(2)30(31(40)36-24(5)32(41)39-17-16-35-29(19-39)33(42)44-9)45-20-22(3)10-11-25-12-13-26-14-15-27(37-28(26)18-25)23(4)38-46(43)34(6,7)8/h10-15,18,21-24,29-30,35,38H,16-17,19-20H2,1-9H3,(H,36,40)/b11-10+/t22?,23-,24+,29+,30+,46-/m1/s1. The van der Waals surface area contributed by atoms with Gasteiger partial charge in [0.25, 0.3) is 0 Å². The van der Waals surface area contributed by atoms with E-state index in [1.54, 1.807) is 11.8 Å². The number of pyridine rings is 1. The molecule has 1 unspecified atom stereocenters. The van der Waals surface area contributed by atoms with Gasteiger partial charge in [-0.15, -0.1) is 0 Å². The minimum atomic E-state index is -1.21. The molecule has 1 saturated heterocycles. The van der Waals surface area contributed by atoms with Gasteiger partial charge in [-0.05, 0) is 64.2 Å². The second kappa shape index (κ2) is 16.6. The maximum Gasteiger partial charge on any atom is 0.324 e. The maximum atomic E-state index is 13.2. The Morgan fingerprint density at radius 1 is 1.13 bits per heavy atom. The molecule has 2 aromatic rings. The zero-order chi connectivity index (χ0) is 34.2. The second-order valence-electron chi connectivity index (χ2n) is 13.3. The van der Waals surface area contributed by atoms with E-state index in [-0.39, 0.29) is 41.0 Å². The molecule has 1 aliphatic heterocycles. The van der Waals surface area contributed by atoms with Crippen molar-refractivity contribution < 1.29 is 28.1 Å². The van der Waals surface area contributed by atoms with Crippen LogP contribution in [0.3, 0.4) is 0 Å². The third-order valence-corrected chi connectivity index (χ3v) is 9.42. The van der Waals surface area contributed by atoms with Crippen LogP contribution >= 0.6 is 0 Å². The zero-order valence-corrected chi connectivity index (χ0v) is 29.4. The highest BCUT2D eigenvalue weighted by molar-refractivity contribution is 7.84. The first-order chi connectivity index (χ1) is 21.6. The van der Waals surface area contributed by atoms with Crippen molar-refractivity contribution in [3.63, 3.8) is 0 Å². The van der Waals surface area contributed by atoms with Crippen LogP contribution in [0.25, 0.3) is 17.0 Å². The quantitative estimate of drug-likeness (QED) is 0.278. The molecule has 0 spiro atoms. The number of nitrogens with one attached hydrogen (secondary N) is 3. The lowest BCUT2D eigenvalue weighted by molar-refractivity contribution is -0.147. The molecule has 11 nitrogen and oxygen atoms in total. The topological polar surface area (TPSA) is 139 Å². The molecular weight excluding hydrogens is 606 g/mol. The molecule has 1 aromatic carbocycles. The summed E-state index contributed by atoms with van der Waals surface area (Å²) in [5, 5.41) is 6.86. The van der Waals surface area contributed by atoms with E-state index >= 15 is 0 Å². The number of carbonyl (C=O) groups excluding carboxylic acids is 3. The van der Waals surface area contributed by atoms with E-state index in [0.717, 1.165) is 22.2 Å². The van der Waals surface area contributed by atoms with Crippen molar-refractivity contribution in [2.45, 2.75) is 84.4 Å². The molecule has 254 valence electrons. The van der Waals surface area contributed by atoms with Gasteiger partial charge in [0.2, 0.25) is 11.8 Å². The number of hydrogen-bond donors (Lipinski definition) is 3. The zero-order valence-electron chi connectivity index (χ0n) is 28.6. The molecule has 0 saturated carbocycles. The number of piperazine rings is 1. The fraction of sp³-hybridized carbons (Fsp3) is 0.588. The first-order valence-corrected chi connectivity index (χ1v) is 17.0. The van der Waals surface area contributed by atoms with Crippen molar-refractivity contribution in [2.24, 2.45) is 11.8 Å². The van der Waals surface area contributed by atoms with Crippen LogP contribution < -0.4 is 15.4 Å². The lowest BCUT2D eigenvalue weighted by atomic mass is 10.0. The van der Waals surface area contributed by atoms with Crippen molar-refractivity contribution in [3.8, 4) is 0 Å². The molecule has 2 heterocycles. The highest BCUT2D eigenvalue weighted by atomic mass is 32.2. The van der Waals surface area contributed by atoms with E-state index < -0.39 is 35.1 Å². The molecule has 6 atom stereocenters. The summed E-state index contributed by atoms with van der Waals surface area (Å²) in [4.78, 5) is 44.5. The Labute approximate surface area is 275 Å². The van der Waals surface area contributed by atoms with Crippen molar-refractivity contribution in [1.29, 1.82) is 0 Å². The fourth-order valence-corrected chi connectivity index (χ4v) is 5.73. The monoisotopic (exact) mass is 657 g/mol. The summed E-state index contributed by atoms with van der Waals surface area (Å²) in [5.74, 6) is -1.13. The van der Waals surface area contributed by atoms with Crippen LogP contribution in [0.5, 0.6) is 0 Å². The van der Waals surface area contributed by atoms with Crippen LogP contribution in [0.1, 0.15) is 72.7 Å². The summed E-state index contributed by atoms with van der Waals surface area (Å²) in [6, 6.07) is 8.51. The van der Waals surface area contributed by atoms with Gasteiger partial charge in [0, 0.05) is 25.0 Å². The molecule has 0 bridgehead atoms. The van der Waals surface area contributed by atoms with Crippen molar-refractivity contribution in [1.82, 2.24) is 25.2 Å². The number of methoxy groups -OCH3 is 1.